The second-order valence-corrected chi connectivity index (χ2v) is 5.93. The maximum absolute atomic E-state index is 12.3. The Labute approximate surface area is 153 Å². The zero-order valence-electron chi connectivity index (χ0n) is 14.8. The number of carbonyl (C=O) groups is 1. The Morgan fingerprint density at radius 1 is 1.08 bits per heavy atom. The number of pyridine rings is 1. The van der Waals surface area contributed by atoms with Crippen molar-refractivity contribution in [2.45, 2.75) is 6.54 Å². The van der Waals surface area contributed by atoms with Crippen LogP contribution in [0, 0.1) is 0 Å². The highest BCUT2D eigenvalue weighted by molar-refractivity contribution is 6.04. The topological polar surface area (TPSA) is 54.5 Å². The van der Waals surface area contributed by atoms with Crippen LogP contribution in [0.25, 0.3) is 0 Å². The van der Waals surface area contributed by atoms with Gasteiger partial charge in [-0.3, -0.25) is 4.79 Å². The van der Waals surface area contributed by atoms with Gasteiger partial charge in [0.1, 0.15) is 11.6 Å². The minimum absolute atomic E-state index is 0.198. The third kappa shape index (κ3) is 4.39. The van der Waals surface area contributed by atoms with Gasteiger partial charge in [-0.15, -0.1) is 0 Å². The lowest BCUT2D eigenvalue weighted by atomic mass is 10.2. The van der Waals surface area contributed by atoms with Crippen LogP contribution in [0.4, 0.5) is 11.5 Å². The molecule has 0 bridgehead atoms. The fraction of sp³-hybridized carbons (Fsp3) is 0.143. The van der Waals surface area contributed by atoms with E-state index in [9.17, 15) is 4.79 Å². The number of methoxy groups -OCH3 is 1. The van der Waals surface area contributed by atoms with E-state index in [0.29, 0.717) is 17.0 Å². The highest BCUT2D eigenvalue weighted by Crippen LogP contribution is 2.17. The summed E-state index contributed by atoms with van der Waals surface area (Å²) >= 11 is 0. The lowest BCUT2D eigenvalue weighted by Crippen LogP contribution is -2.18. The van der Waals surface area contributed by atoms with E-state index in [-0.39, 0.29) is 5.91 Å². The first kappa shape index (κ1) is 17.5. The normalized spacial score (nSPS) is 10.2. The molecule has 0 saturated heterocycles. The summed E-state index contributed by atoms with van der Waals surface area (Å²) in [6, 6.07) is 21.0. The van der Waals surface area contributed by atoms with Crippen LogP contribution in [0.3, 0.4) is 0 Å². The van der Waals surface area contributed by atoms with Gasteiger partial charge < -0.3 is 15.0 Å². The summed E-state index contributed by atoms with van der Waals surface area (Å²) in [6.45, 7) is 0.767. The molecule has 0 spiro atoms. The van der Waals surface area contributed by atoms with Crippen LogP contribution in [-0.2, 0) is 6.54 Å². The molecule has 1 amide bonds. The molecule has 1 heterocycles. The average Bonchev–Trinajstić information content (AvgIpc) is 2.69. The van der Waals surface area contributed by atoms with Crippen molar-refractivity contribution in [3.63, 3.8) is 0 Å². The number of anilines is 2. The molecule has 0 aliphatic rings. The van der Waals surface area contributed by atoms with Crippen molar-refractivity contribution in [2.24, 2.45) is 0 Å². The predicted octanol–water partition coefficient (Wildman–Crippen LogP) is 3.98. The van der Waals surface area contributed by atoms with E-state index in [0.717, 1.165) is 12.4 Å². The zero-order valence-corrected chi connectivity index (χ0v) is 14.8. The van der Waals surface area contributed by atoms with Gasteiger partial charge in [-0.25, -0.2) is 4.98 Å². The van der Waals surface area contributed by atoms with E-state index < -0.39 is 0 Å². The van der Waals surface area contributed by atoms with Crippen LogP contribution in [-0.4, -0.2) is 25.0 Å². The second-order valence-electron chi connectivity index (χ2n) is 5.93. The van der Waals surface area contributed by atoms with Gasteiger partial charge in [-0.05, 0) is 35.9 Å². The van der Waals surface area contributed by atoms with Crippen LogP contribution in [0.15, 0.2) is 72.9 Å². The lowest BCUT2D eigenvalue weighted by Gasteiger charge is -2.18. The van der Waals surface area contributed by atoms with Crippen LogP contribution >= 0.6 is 0 Å². The van der Waals surface area contributed by atoms with E-state index >= 15 is 0 Å². The third-order valence-electron chi connectivity index (χ3n) is 3.99. The Morgan fingerprint density at radius 2 is 1.88 bits per heavy atom. The first-order valence-electron chi connectivity index (χ1n) is 8.32. The standard InChI is InChI=1S/C21H21N3O2/c1-24(15-16-7-4-3-5-8-16)20-12-11-18(14-22-20)23-21(25)17-9-6-10-19(13-17)26-2/h3-14H,15H2,1-2H3,(H,23,25). The molecule has 0 aliphatic heterocycles. The van der Waals surface area contributed by atoms with Gasteiger partial charge in [0.2, 0.25) is 0 Å². The monoisotopic (exact) mass is 347 g/mol. The fourth-order valence-corrected chi connectivity index (χ4v) is 2.59. The van der Waals surface area contributed by atoms with Crippen molar-refractivity contribution in [3.8, 4) is 5.75 Å². The molecular weight excluding hydrogens is 326 g/mol. The molecule has 0 aliphatic carbocycles. The molecule has 1 N–H and O–H groups in total. The smallest absolute Gasteiger partial charge is 0.255 e. The Morgan fingerprint density at radius 3 is 2.58 bits per heavy atom. The van der Waals surface area contributed by atoms with Crippen molar-refractivity contribution in [1.29, 1.82) is 0 Å². The summed E-state index contributed by atoms with van der Waals surface area (Å²) in [5.41, 5.74) is 2.40. The first-order valence-corrected chi connectivity index (χ1v) is 8.32. The maximum atomic E-state index is 12.3. The van der Waals surface area contributed by atoms with Gasteiger partial charge in [0.25, 0.3) is 5.91 Å². The van der Waals surface area contributed by atoms with Gasteiger partial charge in [0, 0.05) is 19.2 Å². The Kier molecular flexibility index (Phi) is 5.49. The third-order valence-corrected chi connectivity index (χ3v) is 3.99. The van der Waals surface area contributed by atoms with E-state index in [4.69, 9.17) is 4.74 Å². The minimum atomic E-state index is -0.198. The number of amides is 1. The molecule has 0 fully saturated rings. The summed E-state index contributed by atoms with van der Waals surface area (Å²) in [5.74, 6) is 1.29. The Hall–Kier alpha value is -3.34. The summed E-state index contributed by atoms with van der Waals surface area (Å²) in [4.78, 5) is 18.8. The van der Waals surface area contributed by atoms with E-state index in [2.05, 4.69) is 27.3 Å². The van der Waals surface area contributed by atoms with Gasteiger partial charge >= 0.3 is 0 Å². The maximum Gasteiger partial charge on any atom is 0.255 e. The molecule has 5 heteroatoms. The van der Waals surface area contributed by atoms with Gasteiger partial charge in [-0.2, -0.15) is 0 Å². The van der Waals surface area contributed by atoms with Crippen LogP contribution in [0.1, 0.15) is 15.9 Å². The number of ether oxygens (including phenoxy) is 1. The van der Waals surface area contributed by atoms with Crippen LogP contribution in [0.5, 0.6) is 5.75 Å². The number of rotatable bonds is 6. The van der Waals surface area contributed by atoms with Crippen molar-refractivity contribution in [3.05, 3.63) is 84.1 Å². The number of aromatic nitrogens is 1. The zero-order chi connectivity index (χ0) is 18.4. The molecule has 0 atom stereocenters. The molecule has 1 aromatic heterocycles. The Bertz CT molecular complexity index is 864. The molecular formula is C21H21N3O2. The number of nitrogens with one attached hydrogen (secondary N) is 1. The first-order chi connectivity index (χ1) is 12.7. The number of benzene rings is 2. The van der Waals surface area contributed by atoms with Crippen molar-refractivity contribution in [2.75, 3.05) is 24.4 Å². The minimum Gasteiger partial charge on any atom is -0.497 e. The largest absolute Gasteiger partial charge is 0.497 e. The molecule has 3 rings (SSSR count). The van der Waals surface area contributed by atoms with Crippen molar-refractivity contribution < 1.29 is 9.53 Å². The van der Waals surface area contributed by atoms with Gasteiger partial charge in [0.15, 0.2) is 0 Å². The van der Waals surface area contributed by atoms with E-state index in [1.54, 1.807) is 37.6 Å². The lowest BCUT2D eigenvalue weighted by molar-refractivity contribution is 0.102. The molecule has 2 aromatic carbocycles. The molecule has 26 heavy (non-hydrogen) atoms. The molecule has 0 saturated carbocycles. The van der Waals surface area contributed by atoms with E-state index in [1.807, 2.05) is 37.4 Å². The number of carbonyl (C=O) groups excluding carboxylic acids is 1. The summed E-state index contributed by atoms with van der Waals surface area (Å²) < 4.78 is 5.15. The quantitative estimate of drug-likeness (QED) is 0.733. The van der Waals surface area contributed by atoms with Gasteiger partial charge in [0.05, 0.1) is 19.0 Å². The fourth-order valence-electron chi connectivity index (χ4n) is 2.59. The molecule has 0 unspecified atom stereocenters. The van der Waals surface area contributed by atoms with Crippen LogP contribution < -0.4 is 15.0 Å². The highest BCUT2D eigenvalue weighted by atomic mass is 16.5. The summed E-state index contributed by atoms with van der Waals surface area (Å²) in [5, 5.41) is 2.85. The molecule has 132 valence electrons. The SMILES string of the molecule is COc1cccc(C(=O)Nc2ccc(N(C)Cc3ccccc3)nc2)c1. The van der Waals surface area contributed by atoms with Crippen molar-refractivity contribution >= 4 is 17.4 Å². The molecule has 5 nitrogen and oxygen atoms in total. The molecule has 0 radical (unpaired) electrons. The summed E-state index contributed by atoms with van der Waals surface area (Å²) in [6.07, 6.45) is 1.66. The van der Waals surface area contributed by atoms with Crippen LogP contribution in [0.2, 0.25) is 0 Å². The predicted molar refractivity (Wildman–Crippen MR) is 104 cm³/mol. The van der Waals surface area contributed by atoms with Crippen molar-refractivity contribution in [1.82, 2.24) is 4.98 Å². The van der Waals surface area contributed by atoms with E-state index in [1.165, 1.54) is 5.56 Å². The second kappa shape index (κ2) is 8.16. The number of nitrogens with zero attached hydrogens (tertiary/aromatic N) is 2. The number of hydrogen-bond acceptors (Lipinski definition) is 4. The molecule has 3 aromatic rings. The Balaban J connectivity index is 1.64. The number of hydrogen-bond donors (Lipinski definition) is 1. The average molecular weight is 347 g/mol. The van der Waals surface area contributed by atoms with Gasteiger partial charge in [-0.1, -0.05) is 36.4 Å². The highest BCUT2D eigenvalue weighted by Gasteiger charge is 2.08. The summed E-state index contributed by atoms with van der Waals surface area (Å²) in [7, 11) is 3.56.